The first kappa shape index (κ1) is 12.1. The van der Waals surface area contributed by atoms with E-state index in [-0.39, 0.29) is 5.56 Å². The zero-order valence-electron chi connectivity index (χ0n) is 10.7. The number of hydrogen-bond acceptors (Lipinski definition) is 3. The molecule has 1 aliphatic heterocycles. The van der Waals surface area contributed by atoms with Crippen LogP contribution < -0.4 is 10.9 Å². The van der Waals surface area contributed by atoms with Crippen LogP contribution >= 0.6 is 0 Å². The summed E-state index contributed by atoms with van der Waals surface area (Å²) >= 11 is 0. The van der Waals surface area contributed by atoms with E-state index in [1.54, 1.807) is 6.20 Å². The van der Waals surface area contributed by atoms with Gasteiger partial charge in [-0.05, 0) is 31.8 Å². The minimum Gasteiger partial charge on any atom is -0.317 e. The van der Waals surface area contributed by atoms with Gasteiger partial charge in [0.1, 0.15) is 5.82 Å². The van der Waals surface area contributed by atoms with Crippen LogP contribution in [0.25, 0.3) is 11.4 Å². The number of piperidine rings is 1. The third-order valence-electron chi connectivity index (χ3n) is 3.65. The number of aromatic nitrogens is 2. The van der Waals surface area contributed by atoms with Gasteiger partial charge in [-0.25, -0.2) is 4.98 Å². The number of benzene rings is 1. The maximum atomic E-state index is 12.2. The number of aromatic amines is 1. The van der Waals surface area contributed by atoms with E-state index in [0.717, 1.165) is 37.1 Å². The average molecular weight is 255 g/mol. The van der Waals surface area contributed by atoms with Crippen molar-refractivity contribution in [1.29, 1.82) is 0 Å². The summed E-state index contributed by atoms with van der Waals surface area (Å²) in [7, 11) is 0. The van der Waals surface area contributed by atoms with E-state index in [1.807, 2.05) is 30.3 Å². The fraction of sp³-hybridized carbons (Fsp3) is 0.333. The second kappa shape index (κ2) is 5.36. The first-order chi connectivity index (χ1) is 9.34. The Balaban J connectivity index is 1.92. The Bertz CT molecular complexity index is 600. The highest BCUT2D eigenvalue weighted by molar-refractivity contribution is 5.54. The lowest BCUT2D eigenvalue weighted by molar-refractivity contribution is 0.457. The van der Waals surface area contributed by atoms with Crippen LogP contribution in [-0.4, -0.2) is 23.1 Å². The van der Waals surface area contributed by atoms with Gasteiger partial charge in [-0.2, -0.15) is 0 Å². The molecular weight excluding hydrogens is 238 g/mol. The van der Waals surface area contributed by atoms with E-state index in [4.69, 9.17) is 0 Å². The van der Waals surface area contributed by atoms with Crippen molar-refractivity contribution in [2.24, 2.45) is 0 Å². The predicted molar refractivity (Wildman–Crippen MR) is 75.1 cm³/mol. The van der Waals surface area contributed by atoms with Gasteiger partial charge >= 0.3 is 0 Å². The second-order valence-electron chi connectivity index (χ2n) is 4.91. The molecule has 0 bridgehead atoms. The van der Waals surface area contributed by atoms with Crippen LogP contribution in [0.15, 0.2) is 41.3 Å². The number of nitrogens with zero attached hydrogens (tertiary/aromatic N) is 1. The summed E-state index contributed by atoms with van der Waals surface area (Å²) in [5.41, 5.74) is 1.76. The average Bonchev–Trinajstić information content (AvgIpc) is 2.49. The zero-order valence-corrected chi connectivity index (χ0v) is 10.7. The van der Waals surface area contributed by atoms with Crippen molar-refractivity contribution in [2.75, 3.05) is 13.1 Å². The Kier molecular flexibility index (Phi) is 3.42. The third kappa shape index (κ3) is 2.58. The van der Waals surface area contributed by atoms with Crippen molar-refractivity contribution in [3.8, 4) is 11.4 Å². The molecule has 0 amide bonds. The Morgan fingerprint density at radius 3 is 2.53 bits per heavy atom. The summed E-state index contributed by atoms with van der Waals surface area (Å²) in [6, 6.07) is 9.72. The third-order valence-corrected chi connectivity index (χ3v) is 3.65. The van der Waals surface area contributed by atoms with Crippen LogP contribution in [0.2, 0.25) is 0 Å². The number of hydrogen-bond donors (Lipinski definition) is 2. The van der Waals surface area contributed by atoms with Gasteiger partial charge in [-0.3, -0.25) is 4.79 Å². The van der Waals surface area contributed by atoms with Crippen LogP contribution in [0.4, 0.5) is 0 Å². The maximum absolute atomic E-state index is 12.2. The molecule has 4 heteroatoms. The molecule has 3 rings (SSSR count). The summed E-state index contributed by atoms with van der Waals surface area (Å²) in [5.74, 6) is 0.977. The first-order valence-corrected chi connectivity index (χ1v) is 6.70. The Labute approximate surface area is 111 Å². The summed E-state index contributed by atoms with van der Waals surface area (Å²) in [4.78, 5) is 19.5. The van der Waals surface area contributed by atoms with Crippen molar-refractivity contribution >= 4 is 0 Å². The normalized spacial score (nSPS) is 16.4. The largest absolute Gasteiger partial charge is 0.317 e. The van der Waals surface area contributed by atoms with Gasteiger partial charge in [0.15, 0.2) is 0 Å². The van der Waals surface area contributed by atoms with Gasteiger partial charge in [-0.1, -0.05) is 30.3 Å². The molecule has 19 heavy (non-hydrogen) atoms. The van der Waals surface area contributed by atoms with Gasteiger partial charge in [0.25, 0.3) is 5.56 Å². The molecule has 0 saturated carbocycles. The lowest BCUT2D eigenvalue weighted by Gasteiger charge is -2.21. The fourth-order valence-electron chi connectivity index (χ4n) is 2.57. The van der Waals surface area contributed by atoms with E-state index in [2.05, 4.69) is 15.3 Å². The standard InChI is InChI=1S/C15H17N3O/c19-15-13(11-6-8-16-9-7-11)10-17-14(18-15)12-4-2-1-3-5-12/h1-5,10-11,16H,6-9H2,(H,17,18,19). The van der Waals surface area contributed by atoms with Crippen LogP contribution in [0.5, 0.6) is 0 Å². The highest BCUT2D eigenvalue weighted by Crippen LogP contribution is 2.22. The lowest BCUT2D eigenvalue weighted by Crippen LogP contribution is -2.29. The lowest BCUT2D eigenvalue weighted by atomic mass is 9.92. The van der Waals surface area contributed by atoms with Crippen LogP contribution in [-0.2, 0) is 0 Å². The van der Waals surface area contributed by atoms with E-state index in [9.17, 15) is 4.79 Å². The molecule has 1 aliphatic rings. The van der Waals surface area contributed by atoms with Gasteiger partial charge in [0, 0.05) is 17.3 Å². The first-order valence-electron chi connectivity index (χ1n) is 6.70. The minimum atomic E-state index is 0.000697. The molecule has 0 unspecified atom stereocenters. The minimum absolute atomic E-state index is 0.000697. The number of rotatable bonds is 2. The molecule has 2 aromatic rings. The SMILES string of the molecule is O=c1[nH]c(-c2ccccc2)ncc1C1CCNCC1. The van der Waals surface area contributed by atoms with Gasteiger partial charge < -0.3 is 10.3 Å². The molecule has 1 fully saturated rings. The van der Waals surface area contributed by atoms with Crippen molar-refractivity contribution in [3.05, 3.63) is 52.4 Å². The quantitative estimate of drug-likeness (QED) is 0.861. The molecule has 2 heterocycles. The smallest absolute Gasteiger partial charge is 0.254 e. The Morgan fingerprint density at radius 1 is 1.11 bits per heavy atom. The highest BCUT2D eigenvalue weighted by Gasteiger charge is 2.18. The molecule has 98 valence electrons. The molecule has 2 N–H and O–H groups in total. The van der Waals surface area contributed by atoms with E-state index in [1.165, 1.54) is 0 Å². The van der Waals surface area contributed by atoms with Gasteiger partial charge in [0.05, 0.1) is 0 Å². The Morgan fingerprint density at radius 2 is 1.84 bits per heavy atom. The maximum Gasteiger partial charge on any atom is 0.254 e. The van der Waals surface area contributed by atoms with Gasteiger partial charge in [0.2, 0.25) is 0 Å². The summed E-state index contributed by atoms with van der Waals surface area (Å²) in [6.07, 6.45) is 3.77. The summed E-state index contributed by atoms with van der Waals surface area (Å²) < 4.78 is 0. The molecule has 1 aromatic carbocycles. The highest BCUT2D eigenvalue weighted by atomic mass is 16.1. The molecule has 0 atom stereocenters. The molecule has 1 saturated heterocycles. The predicted octanol–water partition coefficient (Wildman–Crippen LogP) is 1.90. The van der Waals surface area contributed by atoms with Crippen LogP contribution in [0.1, 0.15) is 24.3 Å². The monoisotopic (exact) mass is 255 g/mol. The topological polar surface area (TPSA) is 57.8 Å². The summed E-state index contributed by atoms with van der Waals surface area (Å²) in [6.45, 7) is 1.95. The molecule has 0 spiro atoms. The Hall–Kier alpha value is -1.94. The second-order valence-corrected chi connectivity index (χ2v) is 4.91. The zero-order chi connectivity index (χ0) is 13.1. The molecule has 4 nitrogen and oxygen atoms in total. The van der Waals surface area contributed by atoms with Crippen molar-refractivity contribution < 1.29 is 0 Å². The van der Waals surface area contributed by atoms with E-state index >= 15 is 0 Å². The molecule has 0 aliphatic carbocycles. The molecular formula is C15H17N3O. The van der Waals surface area contributed by atoms with Gasteiger partial charge in [-0.15, -0.1) is 0 Å². The summed E-state index contributed by atoms with van der Waals surface area (Å²) in [5, 5.41) is 3.31. The number of nitrogens with one attached hydrogen (secondary N) is 2. The van der Waals surface area contributed by atoms with Crippen LogP contribution in [0.3, 0.4) is 0 Å². The van der Waals surface area contributed by atoms with Crippen molar-refractivity contribution in [3.63, 3.8) is 0 Å². The van der Waals surface area contributed by atoms with Crippen molar-refractivity contribution in [2.45, 2.75) is 18.8 Å². The molecule has 1 aromatic heterocycles. The fourth-order valence-corrected chi connectivity index (χ4v) is 2.57. The van der Waals surface area contributed by atoms with E-state index in [0.29, 0.717) is 11.7 Å². The van der Waals surface area contributed by atoms with Crippen molar-refractivity contribution in [1.82, 2.24) is 15.3 Å². The molecule has 0 radical (unpaired) electrons. The number of H-pyrrole nitrogens is 1. The van der Waals surface area contributed by atoms with Crippen LogP contribution in [0, 0.1) is 0 Å². The van der Waals surface area contributed by atoms with E-state index < -0.39 is 0 Å².